The van der Waals surface area contributed by atoms with Crippen molar-refractivity contribution in [2.24, 2.45) is 10.9 Å². The Balaban J connectivity index is 1.41. The highest BCUT2D eigenvalue weighted by atomic mass is 16.5. The van der Waals surface area contributed by atoms with Crippen LogP contribution < -0.4 is 5.32 Å². The van der Waals surface area contributed by atoms with E-state index in [1.165, 1.54) is 52.6 Å². The fourth-order valence-corrected chi connectivity index (χ4v) is 7.96. The maximum absolute atomic E-state index is 11.0. The minimum absolute atomic E-state index is 0.211. The molecule has 4 nitrogen and oxygen atoms in total. The molecule has 2 aliphatic carbocycles. The standard InChI is InChI=1S/C43H46N2O2/c1-3-5-17-30(4-2)29-47-40-28-38(44-42(45-40)36-23-13-15-27-39(36)46)35-25-16-24-34-33-22-12-14-26-37(33)43(41(34)35,31-18-8-6-9-19-31)32-20-10-7-11-21-32/h6-12,14-16,18-22,24-27,30,40,42,45-46H,3-5,13,17,23,28-29H2,1-2H3. The molecule has 0 saturated carbocycles. The number of hydrogen-bond donors (Lipinski definition) is 2. The van der Waals surface area contributed by atoms with Gasteiger partial charge in [0.15, 0.2) is 0 Å². The number of unbranched alkanes of at least 4 members (excludes halogenated alkanes) is 1. The second-order valence-corrected chi connectivity index (χ2v) is 13.2. The number of hydrogen-bond acceptors (Lipinski definition) is 4. The van der Waals surface area contributed by atoms with Crippen LogP contribution in [0.3, 0.4) is 0 Å². The van der Waals surface area contributed by atoms with Crippen molar-refractivity contribution in [1.82, 2.24) is 5.32 Å². The molecule has 0 fully saturated rings. The topological polar surface area (TPSA) is 53.9 Å². The Hall–Kier alpha value is -4.25. The van der Waals surface area contributed by atoms with Gasteiger partial charge in [0.1, 0.15) is 18.2 Å². The lowest BCUT2D eigenvalue weighted by molar-refractivity contribution is 0.00239. The highest BCUT2D eigenvalue weighted by Crippen LogP contribution is 2.57. The second kappa shape index (κ2) is 13.9. The van der Waals surface area contributed by atoms with Crippen molar-refractivity contribution in [3.8, 4) is 11.1 Å². The van der Waals surface area contributed by atoms with Crippen LogP contribution in [-0.4, -0.2) is 29.8 Å². The fraction of sp³-hybridized carbons (Fsp3) is 0.326. The molecule has 4 heteroatoms. The molecule has 4 aromatic rings. The van der Waals surface area contributed by atoms with Crippen molar-refractivity contribution in [1.29, 1.82) is 0 Å². The van der Waals surface area contributed by atoms with Gasteiger partial charge in [-0.25, -0.2) is 0 Å². The van der Waals surface area contributed by atoms with E-state index >= 15 is 0 Å². The zero-order valence-electron chi connectivity index (χ0n) is 27.7. The summed E-state index contributed by atoms with van der Waals surface area (Å²) in [4.78, 5) is 5.44. The Kier molecular flexibility index (Phi) is 9.24. The van der Waals surface area contributed by atoms with Gasteiger partial charge in [-0.05, 0) is 64.6 Å². The number of fused-ring (bicyclic) bond motifs is 3. The molecule has 0 bridgehead atoms. The minimum Gasteiger partial charge on any atom is -0.508 e. The van der Waals surface area contributed by atoms with Gasteiger partial charge in [0.2, 0.25) is 0 Å². The highest BCUT2D eigenvalue weighted by Gasteiger charge is 2.48. The number of rotatable bonds is 11. The van der Waals surface area contributed by atoms with Crippen molar-refractivity contribution in [2.45, 2.75) is 76.6 Å². The normalized spacial score (nSPS) is 20.4. The maximum Gasteiger partial charge on any atom is 0.127 e. The summed E-state index contributed by atoms with van der Waals surface area (Å²) in [6.45, 7) is 5.24. The molecule has 7 rings (SSSR count). The van der Waals surface area contributed by atoms with Crippen molar-refractivity contribution in [2.75, 3.05) is 6.61 Å². The first-order chi connectivity index (χ1) is 23.1. The summed E-state index contributed by atoms with van der Waals surface area (Å²) in [5, 5.41) is 14.7. The highest BCUT2D eigenvalue weighted by molar-refractivity contribution is 6.06. The van der Waals surface area contributed by atoms with Crippen molar-refractivity contribution in [3.63, 3.8) is 0 Å². The largest absolute Gasteiger partial charge is 0.508 e. The lowest BCUT2D eigenvalue weighted by Crippen LogP contribution is -2.47. The first-order valence-electron chi connectivity index (χ1n) is 17.5. The van der Waals surface area contributed by atoms with E-state index in [2.05, 4.69) is 122 Å². The molecule has 3 unspecified atom stereocenters. The van der Waals surface area contributed by atoms with E-state index < -0.39 is 5.41 Å². The number of aliphatic imine (C=N–C) groups is 1. The average Bonchev–Trinajstić information content (AvgIpc) is 3.44. The van der Waals surface area contributed by atoms with E-state index in [0.717, 1.165) is 42.7 Å². The molecule has 1 aliphatic heterocycles. The maximum atomic E-state index is 11.0. The molecule has 47 heavy (non-hydrogen) atoms. The van der Waals surface area contributed by atoms with E-state index in [1.54, 1.807) is 0 Å². The third-order valence-corrected chi connectivity index (χ3v) is 10.4. The number of aliphatic hydroxyl groups excluding tert-OH is 1. The molecule has 3 atom stereocenters. The van der Waals surface area contributed by atoms with E-state index in [0.29, 0.717) is 18.1 Å². The smallest absolute Gasteiger partial charge is 0.127 e. The molecule has 0 aromatic heterocycles. The summed E-state index contributed by atoms with van der Waals surface area (Å²) in [6, 6.07) is 37.5. The van der Waals surface area contributed by atoms with Crippen LogP contribution in [0.5, 0.6) is 0 Å². The molecule has 0 spiro atoms. The van der Waals surface area contributed by atoms with Crippen LogP contribution in [0.15, 0.2) is 132 Å². The van der Waals surface area contributed by atoms with Crippen molar-refractivity contribution >= 4 is 5.71 Å². The first-order valence-corrected chi connectivity index (χ1v) is 17.5. The van der Waals surface area contributed by atoms with Crippen LogP contribution in [0.4, 0.5) is 0 Å². The predicted octanol–water partition coefficient (Wildman–Crippen LogP) is 9.88. The SMILES string of the molecule is CCCCC(CC)COC1CC(c2cccc3c2C(c2ccccc2)(c2ccccc2)c2ccccc2-3)=NC(C2=C(O)C=CCC2)N1. The van der Waals surface area contributed by atoms with Gasteiger partial charge in [0.25, 0.3) is 0 Å². The molecular weight excluding hydrogens is 576 g/mol. The minimum atomic E-state index is -0.521. The van der Waals surface area contributed by atoms with Gasteiger partial charge >= 0.3 is 0 Å². The van der Waals surface area contributed by atoms with Crippen molar-refractivity contribution in [3.05, 3.63) is 154 Å². The number of ether oxygens (including phenoxy) is 1. The molecule has 3 aliphatic rings. The summed E-state index contributed by atoms with van der Waals surface area (Å²) in [6.07, 6.45) is 10.3. The van der Waals surface area contributed by atoms with Crippen LogP contribution >= 0.6 is 0 Å². The summed E-state index contributed by atoms with van der Waals surface area (Å²) in [5.74, 6) is 0.850. The molecule has 2 N–H and O–H groups in total. The van der Waals surface area contributed by atoms with Crippen molar-refractivity contribution < 1.29 is 9.84 Å². The van der Waals surface area contributed by atoms with Gasteiger partial charge in [0, 0.05) is 23.3 Å². The molecule has 240 valence electrons. The van der Waals surface area contributed by atoms with E-state index in [4.69, 9.17) is 9.73 Å². The lowest BCUT2D eigenvalue weighted by Gasteiger charge is -2.37. The molecular formula is C43H46N2O2. The van der Waals surface area contributed by atoms with Crippen LogP contribution in [0.1, 0.15) is 86.6 Å². The number of allylic oxidation sites excluding steroid dienone is 2. The van der Waals surface area contributed by atoms with Crippen LogP contribution in [0.2, 0.25) is 0 Å². The Morgan fingerprint density at radius 2 is 1.53 bits per heavy atom. The van der Waals surface area contributed by atoms with Gasteiger partial charge in [-0.3, -0.25) is 10.3 Å². The molecule has 0 amide bonds. The quantitative estimate of drug-likeness (QED) is 0.154. The fourth-order valence-electron chi connectivity index (χ4n) is 7.96. The second-order valence-electron chi connectivity index (χ2n) is 13.2. The first kappa shape index (κ1) is 31.4. The molecule has 0 saturated heterocycles. The molecule has 4 aromatic carbocycles. The Morgan fingerprint density at radius 3 is 2.23 bits per heavy atom. The van der Waals surface area contributed by atoms with E-state index in [-0.39, 0.29) is 12.4 Å². The summed E-state index contributed by atoms with van der Waals surface area (Å²) in [5.41, 5.74) is 10.1. The lowest BCUT2D eigenvalue weighted by atomic mass is 9.66. The summed E-state index contributed by atoms with van der Waals surface area (Å²) >= 11 is 0. The Labute approximate surface area is 279 Å². The van der Waals surface area contributed by atoms with Gasteiger partial charge in [-0.1, -0.05) is 142 Å². The summed E-state index contributed by atoms with van der Waals surface area (Å²) < 4.78 is 6.73. The van der Waals surface area contributed by atoms with Gasteiger partial charge in [0.05, 0.1) is 12.0 Å². The van der Waals surface area contributed by atoms with Gasteiger partial charge in [-0.2, -0.15) is 0 Å². The number of benzene rings is 4. The van der Waals surface area contributed by atoms with E-state index in [9.17, 15) is 5.11 Å². The third kappa shape index (κ3) is 5.79. The number of nitrogens with one attached hydrogen (secondary N) is 1. The summed E-state index contributed by atoms with van der Waals surface area (Å²) in [7, 11) is 0. The monoisotopic (exact) mass is 622 g/mol. The van der Waals surface area contributed by atoms with Gasteiger partial charge in [-0.15, -0.1) is 0 Å². The zero-order chi connectivity index (χ0) is 32.2. The van der Waals surface area contributed by atoms with Gasteiger partial charge < -0.3 is 9.84 Å². The number of aliphatic hydroxyl groups is 1. The third-order valence-electron chi connectivity index (χ3n) is 10.4. The average molecular weight is 623 g/mol. The Bertz CT molecular complexity index is 1750. The van der Waals surface area contributed by atoms with E-state index in [1.807, 2.05) is 12.2 Å². The molecule has 1 heterocycles. The predicted molar refractivity (Wildman–Crippen MR) is 193 cm³/mol. The van der Waals surface area contributed by atoms with Crippen LogP contribution in [0.25, 0.3) is 11.1 Å². The Morgan fingerprint density at radius 1 is 0.851 bits per heavy atom. The van der Waals surface area contributed by atoms with Crippen LogP contribution in [0, 0.1) is 5.92 Å². The zero-order valence-corrected chi connectivity index (χ0v) is 27.7. The van der Waals surface area contributed by atoms with Crippen LogP contribution in [-0.2, 0) is 10.2 Å². The number of nitrogens with zero attached hydrogens (tertiary/aromatic N) is 1. The molecule has 0 radical (unpaired) electrons.